The Hall–Kier alpha value is -5.16. The number of ether oxygens (including phenoxy) is 3. The monoisotopic (exact) mass is 1100 g/mol. The van der Waals surface area contributed by atoms with Crippen LogP contribution in [0.15, 0.2) is 170 Å². The van der Waals surface area contributed by atoms with Crippen LogP contribution in [0.5, 0.6) is 0 Å². The van der Waals surface area contributed by atoms with E-state index in [0.29, 0.717) is 32.1 Å². The molecule has 0 aromatic carbocycles. The minimum atomic E-state index is -4.80. The number of unbranched alkanes of at least 4 members (excludes halogenated alkanes) is 6. The third-order valence-corrected chi connectivity index (χ3v) is 12.1. The van der Waals surface area contributed by atoms with Gasteiger partial charge in [-0.3, -0.25) is 23.4 Å². The van der Waals surface area contributed by atoms with E-state index in [9.17, 15) is 28.9 Å². The number of aliphatic hydroxyl groups is 1. The summed E-state index contributed by atoms with van der Waals surface area (Å²) in [6, 6.07) is 0. The minimum Gasteiger partial charge on any atom is -0.462 e. The molecule has 0 saturated carbocycles. The maximum absolute atomic E-state index is 12.9. The van der Waals surface area contributed by atoms with Crippen molar-refractivity contribution in [2.45, 2.75) is 200 Å². The van der Waals surface area contributed by atoms with Crippen molar-refractivity contribution in [1.82, 2.24) is 0 Å². The van der Waals surface area contributed by atoms with Crippen molar-refractivity contribution in [1.29, 1.82) is 0 Å². The molecule has 2 N–H and O–H groups in total. The number of hydrogen-bond acceptors (Lipinski definition) is 10. The first-order valence-corrected chi connectivity index (χ1v) is 30.5. The maximum Gasteiger partial charge on any atom is 0.472 e. The Balaban J connectivity index is 4.93. The molecule has 0 amide bonds. The van der Waals surface area contributed by atoms with Crippen LogP contribution in [0.2, 0.25) is 0 Å². The SMILES string of the molecule is CC/C=C\C/C=C\C/C=C\C/C=C\C/C=C\CCCC(=O)OCC(COP(=O)(O)OCC(CO)OC(=O)CCCCCC/C=C\C/C=C\C/C=C\C/C=C\CC)OC(=O)CCC/C=C\C/C=C\C/C=C\C/C=C\C/C=C\CC. The predicted molar refractivity (Wildman–Crippen MR) is 325 cm³/mol. The lowest BCUT2D eigenvalue weighted by atomic mass is 10.1. The Labute approximate surface area is 472 Å². The summed E-state index contributed by atoms with van der Waals surface area (Å²) in [5.74, 6) is -1.66. The fourth-order valence-electron chi connectivity index (χ4n) is 6.83. The van der Waals surface area contributed by atoms with Gasteiger partial charge >= 0.3 is 25.7 Å². The molecule has 0 bridgehead atoms. The number of allylic oxidation sites excluding steroid dienone is 28. The van der Waals surface area contributed by atoms with Gasteiger partial charge in [0.1, 0.15) is 12.7 Å². The predicted octanol–water partition coefficient (Wildman–Crippen LogP) is 17.5. The van der Waals surface area contributed by atoms with E-state index < -0.39 is 64.4 Å². The Bertz CT molecular complexity index is 1960. The summed E-state index contributed by atoms with van der Waals surface area (Å²) >= 11 is 0. The quantitative estimate of drug-likeness (QED) is 0.0197. The molecule has 0 aliphatic heterocycles. The number of phosphoric ester groups is 1. The summed E-state index contributed by atoms with van der Waals surface area (Å²) in [5, 5.41) is 9.82. The van der Waals surface area contributed by atoms with Crippen molar-refractivity contribution in [3.63, 3.8) is 0 Å². The lowest BCUT2D eigenvalue weighted by Crippen LogP contribution is -2.30. The summed E-state index contributed by atoms with van der Waals surface area (Å²) in [4.78, 5) is 48.6. The Morgan fingerprint density at radius 1 is 0.359 bits per heavy atom. The highest BCUT2D eigenvalue weighted by Gasteiger charge is 2.28. The highest BCUT2D eigenvalue weighted by Crippen LogP contribution is 2.43. The number of hydrogen-bond donors (Lipinski definition) is 2. The van der Waals surface area contributed by atoms with Crippen molar-refractivity contribution >= 4 is 25.7 Å². The number of rotatable bonds is 51. The van der Waals surface area contributed by atoms with Crippen molar-refractivity contribution in [3.8, 4) is 0 Å². The first-order chi connectivity index (χ1) is 38.2. The van der Waals surface area contributed by atoms with E-state index in [2.05, 4.69) is 167 Å². The van der Waals surface area contributed by atoms with Crippen LogP contribution in [0.4, 0.5) is 0 Å². The molecule has 0 heterocycles. The molecule has 11 nitrogen and oxygen atoms in total. The van der Waals surface area contributed by atoms with Gasteiger partial charge in [0.2, 0.25) is 0 Å². The van der Waals surface area contributed by atoms with Crippen molar-refractivity contribution in [2.75, 3.05) is 26.4 Å². The lowest BCUT2D eigenvalue weighted by molar-refractivity contribution is -0.161. The third kappa shape index (κ3) is 55.6. The molecular formula is C66H101O11P. The maximum atomic E-state index is 12.9. The van der Waals surface area contributed by atoms with Crippen LogP contribution < -0.4 is 0 Å². The van der Waals surface area contributed by atoms with E-state index in [1.807, 2.05) is 24.3 Å². The van der Waals surface area contributed by atoms with Crippen LogP contribution >= 0.6 is 7.82 Å². The van der Waals surface area contributed by atoms with Gasteiger partial charge in [-0.1, -0.05) is 204 Å². The molecular weight excluding hydrogens is 1000 g/mol. The molecule has 3 unspecified atom stereocenters. The van der Waals surface area contributed by atoms with Crippen molar-refractivity contribution in [3.05, 3.63) is 170 Å². The van der Waals surface area contributed by atoms with Crippen LogP contribution in [-0.4, -0.2) is 66.5 Å². The van der Waals surface area contributed by atoms with Crippen LogP contribution in [-0.2, 0) is 42.2 Å². The summed E-state index contributed by atoms with van der Waals surface area (Å²) in [7, 11) is -4.80. The molecule has 3 atom stereocenters. The van der Waals surface area contributed by atoms with Crippen LogP contribution in [0.1, 0.15) is 188 Å². The summed E-state index contributed by atoms with van der Waals surface area (Å²) in [5.41, 5.74) is 0. The topological polar surface area (TPSA) is 155 Å². The van der Waals surface area contributed by atoms with Crippen LogP contribution in [0.3, 0.4) is 0 Å². The Morgan fingerprint density at radius 2 is 0.641 bits per heavy atom. The van der Waals surface area contributed by atoms with Crippen LogP contribution in [0.25, 0.3) is 0 Å². The van der Waals surface area contributed by atoms with E-state index in [4.69, 9.17) is 23.3 Å². The molecule has 0 spiro atoms. The van der Waals surface area contributed by atoms with Crippen molar-refractivity contribution < 1.29 is 52.2 Å². The summed E-state index contributed by atoms with van der Waals surface area (Å²) in [6.45, 7) is 4.11. The standard InChI is InChI=1S/C66H101O11P/c1-4-7-10-13-16-19-22-25-28-31-34-37-40-43-46-49-52-55-64(68)73-59-63(77-66(70)57-54-51-48-45-42-39-36-33-30-27-24-21-18-15-12-9-6-3)61-75-78(71,72)74-60-62(58-67)76-65(69)56-53-50-47-44-41-38-35-32-29-26-23-20-17-14-11-8-5-2/h7-12,16-21,25-30,34-39,43,45-46,48,62-63,67H,4-6,13-15,22-24,31-33,40-42,44,47,49-61H2,1-3H3,(H,71,72)/b10-7-,11-8-,12-9-,19-16-,20-17-,21-18-,28-25-,29-26-,30-27-,37-34-,38-35-,39-36-,46-43-,48-45-. The van der Waals surface area contributed by atoms with E-state index in [1.165, 1.54) is 0 Å². The van der Waals surface area contributed by atoms with E-state index >= 15 is 0 Å². The zero-order valence-corrected chi connectivity index (χ0v) is 48.9. The summed E-state index contributed by atoms with van der Waals surface area (Å²) < 4.78 is 39.4. The van der Waals surface area contributed by atoms with E-state index in [-0.39, 0.29) is 19.3 Å². The highest BCUT2D eigenvalue weighted by atomic mass is 31.2. The molecule has 0 aliphatic rings. The van der Waals surface area contributed by atoms with Gasteiger partial charge in [-0.25, -0.2) is 4.57 Å². The molecule has 78 heavy (non-hydrogen) atoms. The fraction of sp³-hybridized carbons (Fsp3) is 0.530. The average Bonchev–Trinajstić information content (AvgIpc) is 3.43. The zero-order valence-electron chi connectivity index (χ0n) is 48.0. The zero-order chi connectivity index (χ0) is 56.9. The average molecular weight is 1100 g/mol. The molecule has 0 saturated heterocycles. The van der Waals surface area contributed by atoms with Crippen LogP contribution in [0, 0.1) is 0 Å². The van der Waals surface area contributed by atoms with Gasteiger partial charge < -0.3 is 24.2 Å². The van der Waals surface area contributed by atoms with Gasteiger partial charge in [-0.2, -0.15) is 0 Å². The van der Waals surface area contributed by atoms with Gasteiger partial charge in [0.25, 0.3) is 0 Å². The molecule has 0 fully saturated rings. The van der Waals surface area contributed by atoms with Gasteiger partial charge in [-0.15, -0.1) is 0 Å². The second-order valence-corrected chi connectivity index (χ2v) is 19.8. The molecule has 0 aromatic rings. The number of carbonyl (C=O) groups excluding carboxylic acids is 3. The third-order valence-electron chi connectivity index (χ3n) is 11.1. The molecule has 436 valence electrons. The molecule has 0 radical (unpaired) electrons. The van der Waals surface area contributed by atoms with Gasteiger partial charge in [0, 0.05) is 19.3 Å². The Kier molecular flexibility index (Phi) is 54.2. The molecule has 0 aliphatic carbocycles. The fourth-order valence-corrected chi connectivity index (χ4v) is 7.61. The molecule has 0 aromatic heterocycles. The van der Waals surface area contributed by atoms with Gasteiger partial charge in [0.05, 0.1) is 19.8 Å². The van der Waals surface area contributed by atoms with E-state index in [1.54, 1.807) is 0 Å². The van der Waals surface area contributed by atoms with Gasteiger partial charge in [0.15, 0.2) is 6.10 Å². The first kappa shape index (κ1) is 72.8. The number of esters is 3. The highest BCUT2D eigenvalue weighted by molar-refractivity contribution is 7.47. The smallest absolute Gasteiger partial charge is 0.462 e. The summed E-state index contributed by atoms with van der Waals surface area (Å²) in [6.07, 6.45) is 77.5. The van der Waals surface area contributed by atoms with E-state index in [0.717, 1.165) is 116 Å². The largest absolute Gasteiger partial charge is 0.472 e. The van der Waals surface area contributed by atoms with Crippen molar-refractivity contribution in [2.24, 2.45) is 0 Å². The second-order valence-electron chi connectivity index (χ2n) is 18.3. The second kappa shape index (κ2) is 58.0. The molecule has 0 rings (SSSR count). The molecule has 12 heteroatoms. The Morgan fingerprint density at radius 3 is 1.00 bits per heavy atom. The van der Waals surface area contributed by atoms with Gasteiger partial charge in [-0.05, 0) is 135 Å². The first-order valence-electron chi connectivity index (χ1n) is 29.0. The minimum absolute atomic E-state index is 0.0644. The number of carbonyl (C=O) groups is 3. The number of aliphatic hydroxyl groups excluding tert-OH is 1. The number of phosphoric acid groups is 1. The normalized spacial score (nSPS) is 14.6. The lowest BCUT2D eigenvalue weighted by Gasteiger charge is -2.21.